The zero-order chi connectivity index (χ0) is 23.7. The minimum absolute atomic E-state index is 0. The number of fused-ring (bicyclic) bond motifs is 7. The molecule has 3 aromatic carbocycles. The van der Waals surface area contributed by atoms with E-state index in [1.54, 1.807) is 12.3 Å². The molecule has 0 fully saturated rings. The Hall–Kier alpha value is -3.75. The molecule has 0 aliphatic heterocycles. The molecule has 7 rings (SSSR count). The van der Waals surface area contributed by atoms with E-state index in [1.807, 2.05) is 54.6 Å². The van der Waals surface area contributed by atoms with Crippen molar-refractivity contribution in [3.63, 3.8) is 0 Å². The van der Waals surface area contributed by atoms with Crippen LogP contribution in [-0.4, -0.2) is 15.1 Å². The van der Waals surface area contributed by atoms with Crippen molar-refractivity contribution in [2.45, 2.75) is 19.3 Å². The monoisotopic (exact) mass is 648 g/mol. The van der Waals surface area contributed by atoms with Gasteiger partial charge in [0.25, 0.3) is 0 Å². The van der Waals surface area contributed by atoms with Gasteiger partial charge in [0.15, 0.2) is 5.58 Å². The average molecular weight is 649 g/mol. The van der Waals surface area contributed by atoms with Gasteiger partial charge in [0.05, 0.1) is 5.69 Å². The number of nitrogens with zero attached hydrogens (tertiary/aromatic N) is 2. The fourth-order valence-corrected chi connectivity index (χ4v) is 5.38. The Morgan fingerprint density at radius 3 is 2.39 bits per heavy atom. The Labute approximate surface area is 222 Å². The summed E-state index contributed by atoms with van der Waals surface area (Å²) in [6.45, 7) is 4.50. The molecular weight excluding hydrogens is 627 g/mol. The topological polar surface area (TPSA) is 59.2 Å². The Morgan fingerprint density at radius 1 is 0.806 bits per heavy atom. The van der Waals surface area contributed by atoms with E-state index in [2.05, 4.69) is 43.1 Å². The Kier molecular flexibility index (Phi) is 5.13. The molecule has 0 saturated heterocycles. The summed E-state index contributed by atoms with van der Waals surface area (Å²) < 4.78 is 6.25. The van der Waals surface area contributed by atoms with Gasteiger partial charge in [-0.2, -0.15) is 0 Å². The minimum atomic E-state index is -0.184. The predicted molar refractivity (Wildman–Crippen MR) is 138 cm³/mol. The molecule has 6 aromatic rings. The van der Waals surface area contributed by atoms with Crippen LogP contribution in [0.15, 0.2) is 89.5 Å². The van der Waals surface area contributed by atoms with Gasteiger partial charge in [-0.15, -0.1) is 29.3 Å². The van der Waals surface area contributed by atoms with Crippen LogP contribution in [0.2, 0.25) is 0 Å². The SMILES string of the molecule is CC1(C)c2ccc(-c3ccccn3)[c-]c2-c2c1ccc1oc3ccc(-c4ccccc4O)nc3c21.[Pt]. The maximum Gasteiger partial charge on any atom is 0.153 e. The number of rotatable bonds is 2. The zero-order valence-corrected chi connectivity index (χ0v) is 21.9. The first-order chi connectivity index (χ1) is 17.0. The van der Waals surface area contributed by atoms with Crippen molar-refractivity contribution >= 4 is 22.1 Å². The van der Waals surface area contributed by atoms with Crippen molar-refractivity contribution in [1.82, 2.24) is 9.97 Å². The molecule has 5 heteroatoms. The standard InChI is InChI=1S/C31H21N2O2.Pt/c1-31(2)21-11-10-18(23-8-5-6-16-32-23)17-20(21)28-22(31)12-14-26-29(28)30-27(35-26)15-13-24(33-30)19-7-3-4-9-25(19)34;/h3-16,34H,1-2H3;/q-1;. The van der Waals surface area contributed by atoms with Crippen molar-refractivity contribution in [2.75, 3.05) is 0 Å². The van der Waals surface area contributed by atoms with Gasteiger partial charge in [0.2, 0.25) is 0 Å². The molecule has 0 spiro atoms. The molecule has 0 bridgehead atoms. The van der Waals surface area contributed by atoms with Crippen LogP contribution in [0.4, 0.5) is 0 Å². The summed E-state index contributed by atoms with van der Waals surface area (Å²) in [5, 5.41) is 11.4. The number of furan rings is 1. The number of hydrogen-bond donors (Lipinski definition) is 1. The largest absolute Gasteiger partial charge is 0.507 e. The van der Waals surface area contributed by atoms with E-state index in [4.69, 9.17) is 9.40 Å². The number of benzene rings is 3. The van der Waals surface area contributed by atoms with E-state index in [0.29, 0.717) is 11.3 Å². The second-order valence-electron chi connectivity index (χ2n) is 9.52. The van der Waals surface area contributed by atoms with Gasteiger partial charge in [0, 0.05) is 43.9 Å². The molecule has 178 valence electrons. The molecule has 0 unspecified atom stereocenters. The van der Waals surface area contributed by atoms with Gasteiger partial charge in [-0.25, -0.2) is 4.98 Å². The Bertz CT molecular complexity index is 1790. The third-order valence-corrected chi connectivity index (χ3v) is 7.15. The van der Waals surface area contributed by atoms with Crippen LogP contribution in [0.1, 0.15) is 25.0 Å². The van der Waals surface area contributed by atoms with Gasteiger partial charge in [-0.1, -0.05) is 60.9 Å². The maximum atomic E-state index is 10.4. The molecule has 3 aromatic heterocycles. The van der Waals surface area contributed by atoms with Crippen molar-refractivity contribution in [3.8, 4) is 39.4 Å². The average Bonchev–Trinajstić information content (AvgIpc) is 3.36. The number of pyridine rings is 2. The molecule has 1 N–H and O–H groups in total. The third kappa shape index (κ3) is 3.18. The molecular formula is C31H21N2O2Pt-. The second kappa shape index (κ2) is 8.14. The molecule has 0 amide bonds. The van der Waals surface area contributed by atoms with Crippen molar-refractivity contribution in [3.05, 3.63) is 102 Å². The zero-order valence-electron chi connectivity index (χ0n) is 19.6. The van der Waals surface area contributed by atoms with E-state index in [1.165, 1.54) is 11.1 Å². The molecule has 0 radical (unpaired) electrons. The van der Waals surface area contributed by atoms with Crippen LogP contribution in [0.25, 0.3) is 55.7 Å². The number of aromatic hydroxyl groups is 1. The van der Waals surface area contributed by atoms with Crippen molar-refractivity contribution in [2.24, 2.45) is 0 Å². The quantitative estimate of drug-likeness (QED) is 0.198. The molecule has 0 saturated carbocycles. The van der Waals surface area contributed by atoms with Crippen LogP contribution in [0.5, 0.6) is 5.75 Å². The third-order valence-electron chi connectivity index (χ3n) is 7.15. The molecule has 4 nitrogen and oxygen atoms in total. The fraction of sp³-hybridized carbons (Fsp3) is 0.0968. The molecule has 0 atom stereocenters. The summed E-state index contributed by atoms with van der Waals surface area (Å²) in [6.07, 6.45) is 1.81. The molecule has 36 heavy (non-hydrogen) atoms. The number of phenolic OH excluding ortho intramolecular Hbond substituents is 1. The summed E-state index contributed by atoms with van der Waals surface area (Å²) in [4.78, 5) is 9.53. The van der Waals surface area contributed by atoms with Gasteiger partial charge in [-0.3, -0.25) is 4.98 Å². The van der Waals surface area contributed by atoms with E-state index in [0.717, 1.165) is 44.5 Å². The first kappa shape index (κ1) is 22.7. The first-order valence-corrected chi connectivity index (χ1v) is 11.7. The number of hydrogen-bond acceptors (Lipinski definition) is 4. The Balaban J connectivity index is 0.00000240. The van der Waals surface area contributed by atoms with Crippen LogP contribution >= 0.6 is 0 Å². The predicted octanol–water partition coefficient (Wildman–Crippen LogP) is 7.52. The normalized spacial score (nSPS) is 13.4. The number of aromatic nitrogens is 2. The van der Waals surface area contributed by atoms with Crippen molar-refractivity contribution in [1.29, 1.82) is 0 Å². The molecule has 3 heterocycles. The van der Waals surface area contributed by atoms with Crippen LogP contribution in [0, 0.1) is 6.07 Å². The van der Waals surface area contributed by atoms with Gasteiger partial charge >= 0.3 is 0 Å². The van der Waals surface area contributed by atoms with Crippen molar-refractivity contribution < 1.29 is 30.6 Å². The van der Waals surface area contributed by atoms with E-state index >= 15 is 0 Å². The first-order valence-electron chi connectivity index (χ1n) is 11.7. The smallest absolute Gasteiger partial charge is 0.153 e. The summed E-state index contributed by atoms with van der Waals surface area (Å²) in [5.74, 6) is 0.206. The summed E-state index contributed by atoms with van der Waals surface area (Å²) in [7, 11) is 0. The van der Waals surface area contributed by atoms with Gasteiger partial charge in [0.1, 0.15) is 16.8 Å². The van der Waals surface area contributed by atoms with E-state index in [9.17, 15) is 5.11 Å². The van der Waals surface area contributed by atoms with Gasteiger partial charge in [-0.05, 0) is 41.8 Å². The molecule has 1 aliphatic carbocycles. The fourth-order valence-electron chi connectivity index (χ4n) is 5.38. The maximum absolute atomic E-state index is 10.4. The Morgan fingerprint density at radius 2 is 1.58 bits per heavy atom. The summed E-state index contributed by atoms with van der Waals surface area (Å²) in [6, 6.07) is 29.2. The summed E-state index contributed by atoms with van der Waals surface area (Å²) in [5.41, 5.74) is 10.0. The van der Waals surface area contributed by atoms with E-state index in [-0.39, 0.29) is 32.2 Å². The minimum Gasteiger partial charge on any atom is -0.507 e. The van der Waals surface area contributed by atoms with Crippen LogP contribution < -0.4 is 0 Å². The number of phenols is 1. The molecule has 1 aliphatic rings. The van der Waals surface area contributed by atoms with E-state index < -0.39 is 0 Å². The van der Waals surface area contributed by atoms with Crippen LogP contribution in [0.3, 0.4) is 0 Å². The van der Waals surface area contributed by atoms with Crippen LogP contribution in [-0.2, 0) is 26.5 Å². The van der Waals surface area contributed by atoms with Gasteiger partial charge < -0.3 is 9.52 Å². The summed E-state index contributed by atoms with van der Waals surface area (Å²) >= 11 is 0. The number of para-hydroxylation sites is 1. The second-order valence-corrected chi connectivity index (χ2v) is 9.52.